The average molecular weight is 328 g/mol. The summed E-state index contributed by atoms with van der Waals surface area (Å²) in [5.41, 5.74) is 0.655. The van der Waals surface area contributed by atoms with Gasteiger partial charge in [0.1, 0.15) is 6.10 Å². The standard InChI is InChI=1S/C13H13IO2/c14-12-9-5-4-8-11(12)13(15)16-10-6-2-1-3-7-10/h2,4-6,8-10H,1,3,7H2. The summed E-state index contributed by atoms with van der Waals surface area (Å²) in [4.78, 5) is 11.9. The van der Waals surface area contributed by atoms with E-state index in [1.165, 1.54) is 0 Å². The van der Waals surface area contributed by atoms with E-state index in [0.29, 0.717) is 5.56 Å². The van der Waals surface area contributed by atoms with Crippen molar-refractivity contribution in [3.05, 3.63) is 45.6 Å². The van der Waals surface area contributed by atoms with Crippen molar-refractivity contribution in [3.8, 4) is 0 Å². The van der Waals surface area contributed by atoms with E-state index >= 15 is 0 Å². The zero-order chi connectivity index (χ0) is 11.4. The SMILES string of the molecule is O=C(OC1C=CCCC1)c1ccccc1I. The van der Waals surface area contributed by atoms with Crippen LogP contribution in [0.2, 0.25) is 0 Å². The molecule has 0 saturated carbocycles. The highest BCUT2D eigenvalue weighted by atomic mass is 127. The van der Waals surface area contributed by atoms with Gasteiger partial charge in [-0.15, -0.1) is 0 Å². The van der Waals surface area contributed by atoms with Gasteiger partial charge in [0, 0.05) is 3.57 Å². The second-order valence-corrected chi connectivity index (χ2v) is 4.94. The fraction of sp³-hybridized carbons (Fsp3) is 0.308. The highest BCUT2D eigenvalue weighted by Gasteiger charge is 2.16. The number of hydrogen-bond acceptors (Lipinski definition) is 2. The molecule has 0 N–H and O–H groups in total. The molecule has 0 amide bonds. The molecule has 1 aromatic carbocycles. The Bertz CT molecular complexity index is 412. The van der Waals surface area contributed by atoms with Gasteiger partial charge < -0.3 is 4.74 Å². The van der Waals surface area contributed by atoms with Crippen LogP contribution in [0.15, 0.2) is 36.4 Å². The van der Waals surface area contributed by atoms with E-state index in [4.69, 9.17) is 4.74 Å². The topological polar surface area (TPSA) is 26.3 Å². The number of rotatable bonds is 2. The predicted octanol–water partition coefficient (Wildman–Crippen LogP) is 3.56. The van der Waals surface area contributed by atoms with Crippen LogP contribution in [0.3, 0.4) is 0 Å². The molecule has 0 saturated heterocycles. The Morgan fingerprint density at radius 2 is 2.19 bits per heavy atom. The molecule has 0 heterocycles. The van der Waals surface area contributed by atoms with Crippen molar-refractivity contribution in [2.24, 2.45) is 0 Å². The molecule has 1 unspecified atom stereocenters. The summed E-state index contributed by atoms with van der Waals surface area (Å²) in [7, 11) is 0. The lowest BCUT2D eigenvalue weighted by molar-refractivity contribution is 0.0369. The number of halogens is 1. The highest BCUT2D eigenvalue weighted by Crippen LogP contribution is 2.18. The first-order chi connectivity index (χ1) is 7.77. The lowest BCUT2D eigenvalue weighted by atomic mass is 10.1. The Hall–Kier alpha value is -0.840. The average Bonchev–Trinajstić information content (AvgIpc) is 2.31. The van der Waals surface area contributed by atoms with E-state index < -0.39 is 0 Å². The van der Waals surface area contributed by atoms with Gasteiger partial charge in [-0.25, -0.2) is 4.79 Å². The van der Waals surface area contributed by atoms with E-state index in [0.717, 1.165) is 22.8 Å². The van der Waals surface area contributed by atoms with Gasteiger partial charge in [0.15, 0.2) is 0 Å². The molecule has 3 heteroatoms. The third-order valence-corrected chi connectivity index (χ3v) is 3.50. The molecule has 0 radical (unpaired) electrons. The first-order valence-electron chi connectivity index (χ1n) is 5.39. The summed E-state index contributed by atoms with van der Waals surface area (Å²) in [5.74, 6) is -0.221. The third kappa shape index (κ3) is 2.84. The van der Waals surface area contributed by atoms with E-state index in [-0.39, 0.29) is 12.1 Å². The van der Waals surface area contributed by atoms with E-state index in [1.807, 2.05) is 24.3 Å². The highest BCUT2D eigenvalue weighted by molar-refractivity contribution is 14.1. The number of esters is 1. The molecule has 0 bridgehead atoms. The van der Waals surface area contributed by atoms with Gasteiger partial charge in [0.25, 0.3) is 0 Å². The maximum Gasteiger partial charge on any atom is 0.339 e. The monoisotopic (exact) mass is 328 g/mol. The number of carbonyl (C=O) groups excluding carboxylic acids is 1. The maximum absolute atomic E-state index is 11.9. The van der Waals surface area contributed by atoms with Crippen LogP contribution in [-0.4, -0.2) is 12.1 Å². The van der Waals surface area contributed by atoms with Gasteiger partial charge in [-0.2, -0.15) is 0 Å². The molecule has 16 heavy (non-hydrogen) atoms. The van der Waals surface area contributed by atoms with Crippen LogP contribution in [-0.2, 0) is 4.74 Å². The quantitative estimate of drug-likeness (QED) is 0.471. The fourth-order valence-electron chi connectivity index (χ4n) is 1.71. The molecule has 0 fully saturated rings. The van der Waals surface area contributed by atoms with Crippen molar-refractivity contribution in [1.29, 1.82) is 0 Å². The number of hydrogen-bond donors (Lipinski definition) is 0. The van der Waals surface area contributed by atoms with Crippen LogP contribution in [0.1, 0.15) is 29.6 Å². The van der Waals surface area contributed by atoms with Crippen LogP contribution < -0.4 is 0 Å². The normalized spacial score (nSPS) is 19.4. The molecule has 0 spiro atoms. The number of allylic oxidation sites excluding steroid dienone is 1. The van der Waals surface area contributed by atoms with Crippen molar-refractivity contribution in [3.63, 3.8) is 0 Å². The molecule has 1 aliphatic rings. The predicted molar refractivity (Wildman–Crippen MR) is 71.4 cm³/mol. The zero-order valence-corrected chi connectivity index (χ0v) is 11.0. The van der Waals surface area contributed by atoms with Crippen LogP contribution in [0.4, 0.5) is 0 Å². The lowest BCUT2D eigenvalue weighted by Crippen LogP contribution is -2.18. The van der Waals surface area contributed by atoms with Crippen molar-refractivity contribution >= 4 is 28.6 Å². The summed E-state index contributed by atoms with van der Waals surface area (Å²) in [6.07, 6.45) is 7.15. The van der Waals surface area contributed by atoms with Gasteiger partial charge in [-0.3, -0.25) is 0 Å². The number of benzene rings is 1. The molecule has 0 aliphatic heterocycles. The summed E-state index contributed by atoms with van der Waals surface area (Å²) in [5, 5.41) is 0. The summed E-state index contributed by atoms with van der Waals surface area (Å²) >= 11 is 2.15. The lowest BCUT2D eigenvalue weighted by Gasteiger charge is -2.17. The minimum absolute atomic E-state index is 0.0442. The molecule has 1 aliphatic carbocycles. The van der Waals surface area contributed by atoms with E-state index in [2.05, 4.69) is 28.7 Å². The second kappa shape index (κ2) is 5.48. The molecule has 1 atom stereocenters. The van der Waals surface area contributed by atoms with E-state index in [9.17, 15) is 4.79 Å². The van der Waals surface area contributed by atoms with Gasteiger partial charge in [0.05, 0.1) is 5.56 Å². The van der Waals surface area contributed by atoms with Crippen LogP contribution in [0.5, 0.6) is 0 Å². The molecule has 1 aromatic rings. The Labute approximate surface area is 109 Å². The Kier molecular flexibility index (Phi) is 3.98. The first kappa shape index (κ1) is 11.6. The van der Waals surface area contributed by atoms with Crippen LogP contribution in [0, 0.1) is 3.57 Å². The minimum Gasteiger partial charge on any atom is -0.455 e. The number of ether oxygens (including phenoxy) is 1. The summed E-state index contributed by atoms with van der Waals surface area (Å²) in [6.45, 7) is 0. The smallest absolute Gasteiger partial charge is 0.339 e. The Morgan fingerprint density at radius 3 is 2.88 bits per heavy atom. The van der Waals surface area contributed by atoms with Gasteiger partial charge >= 0.3 is 5.97 Å². The summed E-state index contributed by atoms with van der Waals surface area (Å²) in [6, 6.07) is 7.49. The molecular formula is C13H13IO2. The number of carbonyl (C=O) groups is 1. The molecule has 84 valence electrons. The minimum atomic E-state index is -0.221. The molecule has 0 aromatic heterocycles. The summed E-state index contributed by atoms with van der Waals surface area (Å²) < 4.78 is 6.36. The van der Waals surface area contributed by atoms with Gasteiger partial charge in [-0.1, -0.05) is 18.2 Å². The first-order valence-corrected chi connectivity index (χ1v) is 6.47. The molecule has 2 rings (SSSR count). The molecule has 2 nitrogen and oxygen atoms in total. The Morgan fingerprint density at radius 1 is 1.38 bits per heavy atom. The van der Waals surface area contributed by atoms with Gasteiger partial charge in [0.2, 0.25) is 0 Å². The molecular weight excluding hydrogens is 315 g/mol. The van der Waals surface area contributed by atoms with Crippen LogP contribution in [0.25, 0.3) is 0 Å². The fourth-order valence-corrected chi connectivity index (χ4v) is 2.31. The zero-order valence-electron chi connectivity index (χ0n) is 8.86. The van der Waals surface area contributed by atoms with E-state index in [1.54, 1.807) is 6.07 Å². The van der Waals surface area contributed by atoms with Crippen molar-refractivity contribution in [1.82, 2.24) is 0 Å². The van der Waals surface area contributed by atoms with Gasteiger partial charge in [-0.05, 0) is 60.1 Å². The largest absolute Gasteiger partial charge is 0.455 e. The third-order valence-electron chi connectivity index (χ3n) is 2.56. The Balaban J connectivity index is 2.05. The van der Waals surface area contributed by atoms with Crippen molar-refractivity contribution in [2.75, 3.05) is 0 Å². The second-order valence-electron chi connectivity index (χ2n) is 3.78. The maximum atomic E-state index is 11.9. The van der Waals surface area contributed by atoms with Crippen LogP contribution >= 0.6 is 22.6 Å². The van der Waals surface area contributed by atoms with Crippen molar-refractivity contribution < 1.29 is 9.53 Å². The van der Waals surface area contributed by atoms with Crippen molar-refractivity contribution in [2.45, 2.75) is 25.4 Å².